The van der Waals surface area contributed by atoms with E-state index in [1.807, 2.05) is 10.8 Å². The zero-order valence-corrected chi connectivity index (χ0v) is 17.1. The summed E-state index contributed by atoms with van der Waals surface area (Å²) in [5.41, 5.74) is 0.544. The number of anilines is 2. The summed E-state index contributed by atoms with van der Waals surface area (Å²) in [6.45, 7) is 0. The van der Waals surface area contributed by atoms with Crippen molar-refractivity contribution in [3.63, 3.8) is 0 Å². The number of rotatable bonds is 5. The molecule has 1 aromatic heterocycles. The van der Waals surface area contributed by atoms with Gasteiger partial charge < -0.3 is 10.6 Å². The molecule has 0 atom stereocenters. The van der Waals surface area contributed by atoms with Crippen LogP contribution in [0.15, 0.2) is 64.2 Å². The Kier molecular flexibility index (Phi) is 6.15. The van der Waals surface area contributed by atoms with Crippen LogP contribution in [-0.4, -0.2) is 21.5 Å². The van der Waals surface area contributed by atoms with Crippen molar-refractivity contribution in [2.75, 3.05) is 17.7 Å². The number of sulfonamides is 1. The zero-order chi connectivity index (χ0) is 21.9. The SMILES string of the molecule is CNS(=O)(=O)c1ccc(-c2ccsc2)c(NC(=O)Nc2cccc(C(F)(F)F)c2)c1. The third kappa shape index (κ3) is 4.99. The Morgan fingerprint density at radius 3 is 2.43 bits per heavy atom. The number of carbonyl (C=O) groups is 1. The molecule has 0 saturated carbocycles. The minimum absolute atomic E-state index is 0.0570. The average Bonchev–Trinajstić information content (AvgIpc) is 3.22. The molecule has 3 rings (SSSR count). The molecule has 2 aromatic carbocycles. The van der Waals surface area contributed by atoms with Crippen LogP contribution >= 0.6 is 11.3 Å². The van der Waals surface area contributed by atoms with Crippen molar-refractivity contribution in [3.8, 4) is 11.1 Å². The van der Waals surface area contributed by atoms with E-state index in [2.05, 4.69) is 15.4 Å². The molecule has 2 amide bonds. The molecule has 0 radical (unpaired) electrons. The summed E-state index contributed by atoms with van der Waals surface area (Å²) >= 11 is 1.42. The number of alkyl halides is 3. The lowest BCUT2D eigenvalue weighted by molar-refractivity contribution is -0.137. The molecule has 30 heavy (non-hydrogen) atoms. The molecule has 3 aromatic rings. The molecular formula is C19H16F3N3O3S2. The lowest BCUT2D eigenvalue weighted by Gasteiger charge is -2.14. The van der Waals surface area contributed by atoms with Crippen molar-refractivity contribution < 1.29 is 26.4 Å². The molecule has 0 saturated heterocycles. The van der Waals surface area contributed by atoms with Gasteiger partial charge in [0.25, 0.3) is 0 Å². The van der Waals surface area contributed by atoms with E-state index in [0.717, 1.165) is 17.7 Å². The minimum Gasteiger partial charge on any atom is -0.308 e. The van der Waals surface area contributed by atoms with E-state index in [1.165, 1.54) is 42.6 Å². The zero-order valence-electron chi connectivity index (χ0n) is 15.4. The summed E-state index contributed by atoms with van der Waals surface area (Å²) in [4.78, 5) is 12.4. The van der Waals surface area contributed by atoms with Gasteiger partial charge in [0.1, 0.15) is 0 Å². The fourth-order valence-electron chi connectivity index (χ4n) is 2.64. The summed E-state index contributed by atoms with van der Waals surface area (Å²) in [6.07, 6.45) is -4.55. The first-order chi connectivity index (χ1) is 14.1. The summed E-state index contributed by atoms with van der Waals surface area (Å²) in [6, 6.07) is 9.40. The van der Waals surface area contributed by atoms with E-state index >= 15 is 0 Å². The van der Waals surface area contributed by atoms with E-state index in [-0.39, 0.29) is 16.3 Å². The monoisotopic (exact) mass is 455 g/mol. The van der Waals surface area contributed by atoms with Crippen molar-refractivity contribution >= 4 is 38.8 Å². The van der Waals surface area contributed by atoms with Crippen LogP contribution in [0.2, 0.25) is 0 Å². The van der Waals surface area contributed by atoms with Crippen molar-refractivity contribution in [2.45, 2.75) is 11.1 Å². The molecule has 158 valence electrons. The molecule has 0 aliphatic heterocycles. The number of hydrogen-bond acceptors (Lipinski definition) is 4. The Morgan fingerprint density at radius 2 is 1.80 bits per heavy atom. The minimum atomic E-state index is -4.55. The summed E-state index contributed by atoms with van der Waals surface area (Å²) < 4.78 is 65.0. The maximum Gasteiger partial charge on any atom is 0.416 e. The van der Waals surface area contributed by atoms with E-state index in [1.54, 1.807) is 12.1 Å². The summed E-state index contributed by atoms with van der Waals surface area (Å²) in [5, 5.41) is 8.49. The summed E-state index contributed by atoms with van der Waals surface area (Å²) in [5.74, 6) is 0. The van der Waals surface area contributed by atoms with Crippen LogP contribution in [0.3, 0.4) is 0 Å². The largest absolute Gasteiger partial charge is 0.416 e. The quantitative estimate of drug-likeness (QED) is 0.507. The lowest BCUT2D eigenvalue weighted by atomic mass is 10.1. The number of amides is 2. The van der Waals surface area contributed by atoms with Gasteiger partial charge in [-0.25, -0.2) is 17.9 Å². The Labute approximate surface area is 174 Å². The number of nitrogens with one attached hydrogen (secondary N) is 3. The molecule has 0 bridgehead atoms. The molecule has 3 N–H and O–H groups in total. The molecule has 0 unspecified atom stereocenters. The van der Waals surface area contributed by atoms with Gasteiger partial charge in [0.15, 0.2) is 0 Å². The highest BCUT2D eigenvalue weighted by Gasteiger charge is 2.30. The third-order valence-corrected chi connectivity index (χ3v) is 6.19. The fourth-order valence-corrected chi connectivity index (χ4v) is 4.05. The first kappa shape index (κ1) is 21.8. The highest BCUT2D eigenvalue weighted by atomic mass is 32.2. The highest BCUT2D eigenvalue weighted by Crippen LogP contribution is 2.33. The second-order valence-electron chi connectivity index (χ2n) is 6.08. The van der Waals surface area contributed by atoms with E-state index < -0.39 is 27.8 Å². The van der Waals surface area contributed by atoms with Crippen molar-refractivity contribution in [2.24, 2.45) is 0 Å². The fraction of sp³-hybridized carbons (Fsp3) is 0.105. The second-order valence-corrected chi connectivity index (χ2v) is 8.75. The van der Waals surface area contributed by atoms with Gasteiger partial charge in [-0.1, -0.05) is 12.1 Å². The molecule has 0 aliphatic carbocycles. The van der Waals surface area contributed by atoms with Crippen molar-refractivity contribution in [1.82, 2.24) is 4.72 Å². The number of halogens is 3. The molecular weight excluding hydrogens is 439 g/mol. The normalized spacial score (nSPS) is 11.9. The van der Waals surface area contributed by atoms with Gasteiger partial charge in [-0.15, -0.1) is 0 Å². The van der Waals surface area contributed by atoms with E-state index in [4.69, 9.17) is 0 Å². The van der Waals surface area contributed by atoms with E-state index in [0.29, 0.717) is 5.56 Å². The topological polar surface area (TPSA) is 87.3 Å². The Bertz CT molecular complexity index is 1160. The first-order valence-electron chi connectivity index (χ1n) is 8.45. The van der Waals surface area contributed by atoms with Crippen LogP contribution in [0.1, 0.15) is 5.56 Å². The van der Waals surface area contributed by atoms with Gasteiger partial charge in [0.05, 0.1) is 16.1 Å². The Hall–Kier alpha value is -2.89. The van der Waals surface area contributed by atoms with Gasteiger partial charge in [-0.05, 0) is 59.8 Å². The number of carbonyl (C=O) groups excluding carboxylic acids is 1. The number of urea groups is 1. The maximum absolute atomic E-state index is 12.9. The first-order valence-corrected chi connectivity index (χ1v) is 10.9. The average molecular weight is 455 g/mol. The standard InChI is InChI=1S/C19H16F3N3O3S2/c1-23-30(27,28)15-5-6-16(12-7-8-29-11-12)17(10-15)25-18(26)24-14-4-2-3-13(9-14)19(20,21)22/h2-11,23H,1H3,(H2,24,25,26). The second kappa shape index (κ2) is 8.46. The third-order valence-electron chi connectivity index (χ3n) is 4.10. The molecule has 0 aliphatic rings. The number of benzene rings is 2. The van der Waals surface area contributed by atoms with Crippen molar-refractivity contribution in [1.29, 1.82) is 0 Å². The lowest BCUT2D eigenvalue weighted by Crippen LogP contribution is -2.22. The van der Waals surface area contributed by atoms with Crippen LogP contribution in [-0.2, 0) is 16.2 Å². The van der Waals surface area contributed by atoms with Crippen LogP contribution in [0, 0.1) is 0 Å². The Balaban J connectivity index is 1.91. The molecule has 0 spiro atoms. The van der Waals surface area contributed by atoms with Gasteiger partial charge in [-0.2, -0.15) is 24.5 Å². The molecule has 0 fully saturated rings. The van der Waals surface area contributed by atoms with Gasteiger partial charge in [-0.3, -0.25) is 0 Å². The molecule has 11 heteroatoms. The maximum atomic E-state index is 12.9. The Morgan fingerprint density at radius 1 is 1.03 bits per heavy atom. The van der Waals surface area contributed by atoms with Crippen molar-refractivity contribution in [3.05, 3.63) is 64.9 Å². The van der Waals surface area contributed by atoms with Gasteiger partial charge in [0.2, 0.25) is 10.0 Å². The smallest absolute Gasteiger partial charge is 0.308 e. The van der Waals surface area contributed by atoms with Crippen LogP contribution in [0.5, 0.6) is 0 Å². The number of hydrogen-bond donors (Lipinski definition) is 3. The predicted molar refractivity (Wildman–Crippen MR) is 110 cm³/mol. The van der Waals surface area contributed by atoms with Gasteiger partial charge >= 0.3 is 12.2 Å². The van der Waals surface area contributed by atoms with E-state index in [9.17, 15) is 26.4 Å². The summed E-state index contributed by atoms with van der Waals surface area (Å²) in [7, 11) is -2.51. The predicted octanol–water partition coefficient (Wildman–Crippen LogP) is 4.99. The van der Waals surface area contributed by atoms with Gasteiger partial charge in [0, 0.05) is 11.3 Å². The molecule has 6 nitrogen and oxygen atoms in total. The number of thiophene rings is 1. The van der Waals surface area contributed by atoms with Crippen LogP contribution in [0.25, 0.3) is 11.1 Å². The highest BCUT2D eigenvalue weighted by molar-refractivity contribution is 7.89. The molecule has 1 heterocycles. The van der Waals surface area contributed by atoms with Crippen LogP contribution in [0.4, 0.5) is 29.3 Å². The van der Waals surface area contributed by atoms with Crippen LogP contribution < -0.4 is 15.4 Å².